The fraction of sp³-hybridized carbons (Fsp3) is 0.214. The third kappa shape index (κ3) is 3.66. The molecule has 1 rings (SSSR count). The van der Waals surface area contributed by atoms with Crippen molar-refractivity contribution in [2.24, 2.45) is 0 Å². The van der Waals surface area contributed by atoms with E-state index in [4.69, 9.17) is 9.47 Å². The number of aromatic hydroxyl groups is 1. The highest BCUT2D eigenvalue weighted by Crippen LogP contribution is 2.19. The summed E-state index contributed by atoms with van der Waals surface area (Å²) in [6.07, 6.45) is 1.50. The molecular formula is C14H16O4. The van der Waals surface area contributed by atoms with E-state index in [9.17, 15) is 9.90 Å². The number of phenolic OH excluding ortho intramolecular Hbond substituents is 1. The Balaban J connectivity index is 2.89. The molecule has 0 unspecified atom stereocenters. The fourth-order valence-electron chi connectivity index (χ4n) is 1.32. The molecule has 0 bridgehead atoms. The number of allylic oxidation sites excluding steroid dienone is 2. The van der Waals surface area contributed by atoms with Crippen LogP contribution in [0.25, 0.3) is 5.57 Å². The lowest BCUT2D eigenvalue weighted by Crippen LogP contribution is -2.09. The predicted molar refractivity (Wildman–Crippen MR) is 68.9 cm³/mol. The number of benzene rings is 1. The van der Waals surface area contributed by atoms with E-state index < -0.39 is 5.97 Å². The largest absolute Gasteiger partial charge is 0.508 e. The lowest BCUT2D eigenvalue weighted by molar-refractivity contribution is -0.142. The number of rotatable bonds is 5. The fourth-order valence-corrected chi connectivity index (χ4v) is 1.32. The van der Waals surface area contributed by atoms with E-state index in [0.717, 1.165) is 5.56 Å². The standard InChI is InChI=1S/C14H16O4/c1-4-18-14(16)13(17-3)9-10(2)11-5-7-12(15)8-6-11/h5-9,15H,2,4H2,1,3H3/b13-9-. The Morgan fingerprint density at radius 1 is 1.39 bits per heavy atom. The molecule has 0 heterocycles. The van der Waals surface area contributed by atoms with Crippen LogP contribution >= 0.6 is 0 Å². The van der Waals surface area contributed by atoms with E-state index >= 15 is 0 Å². The second-order valence-electron chi connectivity index (χ2n) is 3.51. The van der Waals surface area contributed by atoms with Crippen molar-refractivity contribution in [2.75, 3.05) is 13.7 Å². The first-order valence-electron chi connectivity index (χ1n) is 5.49. The van der Waals surface area contributed by atoms with Gasteiger partial charge >= 0.3 is 5.97 Å². The molecule has 0 fully saturated rings. The molecule has 0 aliphatic heterocycles. The van der Waals surface area contributed by atoms with Crippen molar-refractivity contribution in [3.8, 4) is 5.75 Å². The van der Waals surface area contributed by atoms with Crippen LogP contribution in [0.4, 0.5) is 0 Å². The maximum atomic E-state index is 11.5. The number of hydrogen-bond donors (Lipinski definition) is 1. The SMILES string of the molecule is C=C(/C=C(\OC)C(=O)OCC)c1ccc(O)cc1. The highest BCUT2D eigenvalue weighted by atomic mass is 16.6. The zero-order chi connectivity index (χ0) is 13.5. The Bertz CT molecular complexity index is 457. The van der Waals surface area contributed by atoms with Crippen molar-refractivity contribution < 1.29 is 19.4 Å². The van der Waals surface area contributed by atoms with E-state index in [-0.39, 0.29) is 18.1 Å². The Kier molecular flexibility index (Phi) is 4.99. The Hall–Kier alpha value is -2.23. The third-order valence-electron chi connectivity index (χ3n) is 2.24. The van der Waals surface area contributed by atoms with E-state index in [1.54, 1.807) is 31.2 Å². The van der Waals surface area contributed by atoms with Gasteiger partial charge in [0.1, 0.15) is 5.75 Å². The molecule has 1 N–H and O–H groups in total. The molecule has 0 amide bonds. The molecule has 0 spiro atoms. The van der Waals surface area contributed by atoms with Gasteiger partial charge in [-0.15, -0.1) is 0 Å². The van der Waals surface area contributed by atoms with Gasteiger partial charge in [0, 0.05) is 0 Å². The minimum absolute atomic E-state index is 0.0925. The van der Waals surface area contributed by atoms with Gasteiger partial charge < -0.3 is 14.6 Å². The molecule has 0 aliphatic rings. The Labute approximate surface area is 106 Å². The first kappa shape index (κ1) is 13.8. The quantitative estimate of drug-likeness (QED) is 0.376. The van der Waals surface area contributed by atoms with Gasteiger partial charge in [-0.25, -0.2) is 4.79 Å². The van der Waals surface area contributed by atoms with Gasteiger partial charge in [0.25, 0.3) is 0 Å². The van der Waals surface area contributed by atoms with Crippen molar-refractivity contribution >= 4 is 11.5 Å². The van der Waals surface area contributed by atoms with Crippen molar-refractivity contribution in [3.63, 3.8) is 0 Å². The van der Waals surface area contributed by atoms with E-state index in [2.05, 4.69) is 6.58 Å². The van der Waals surface area contributed by atoms with E-state index in [1.165, 1.54) is 13.2 Å². The highest BCUT2D eigenvalue weighted by molar-refractivity contribution is 5.90. The first-order chi connectivity index (χ1) is 8.58. The number of methoxy groups -OCH3 is 1. The van der Waals surface area contributed by atoms with E-state index in [1.807, 2.05) is 0 Å². The number of phenols is 1. The van der Waals surface area contributed by atoms with Gasteiger partial charge in [0.15, 0.2) is 0 Å². The summed E-state index contributed by atoms with van der Waals surface area (Å²) in [6.45, 7) is 5.84. The highest BCUT2D eigenvalue weighted by Gasteiger charge is 2.11. The topological polar surface area (TPSA) is 55.8 Å². The van der Waals surface area contributed by atoms with Gasteiger partial charge in [-0.2, -0.15) is 0 Å². The average molecular weight is 248 g/mol. The summed E-state index contributed by atoms with van der Waals surface area (Å²) in [5.41, 5.74) is 1.38. The van der Waals surface area contributed by atoms with Crippen LogP contribution < -0.4 is 0 Å². The Morgan fingerprint density at radius 2 is 2.00 bits per heavy atom. The summed E-state index contributed by atoms with van der Waals surface area (Å²) in [5.74, 6) is -0.261. The van der Waals surface area contributed by atoms with E-state index in [0.29, 0.717) is 5.57 Å². The third-order valence-corrected chi connectivity index (χ3v) is 2.24. The molecule has 1 aromatic rings. The average Bonchev–Trinajstić information content (AvgIpc) is 2.36. The first-order valence-corrected chi connectivity index (χ1v) is 5.49. The van der Waals surface area contributed by atoms with Crippen molar-refractivity contribution in [1.29, 1.82) is 0 Å². The van der Waals surface area contributed by atoms with Crippen molar-refractivity contribution in [2.45, 2.75) is 6.92 Å². The van der Waals surface area contributed by atoms with Crippen LogP contribution in [0.5, 0.6) is 5.75 Å². The molecule has 0 aromatic heterocycles. The monoisotopic (exact) mass is 248 g/mol. The summed E-state index contributed by atoms with van der Waals surface area (Å²) in [4.78, 5) is 11.5. The van der Waals surface area contributed by atoms with Crippen LogP contribution in [-0.2, 0) is 14.3 Å². The number of ether oxygens (including phenoxy) is 2. The number of carbonyl (C=O) groups is 1. The van der Waals surface area contributed by atoms with Gasteiger partial charge in [0.2, 0.25) is 5.76 Å². The zero-order valence-electron chi connectivity index (χ0n) is 10.5. The van der Waals surface area contributed by atoms with Crippen LogP contribution in [0.15, 0.2) is 42.7 Å². The molecule has 4 nitrogen and oxygen atoms in total. The van der Waals surface area contributed by atoms with Crippen LogP contribution in [0.1, 0.15) is 12.5 Å². The second kappa shape index (κ2) is 6.49. The van der Waals surface area contributed by atoms with Crippen LogP contribution in [0.3, 0.4) is 0 Å². The smallest absolute Gasteiger partial charge is 0.373 e. The number of esters is 1. The van der Waals surface area contributed by atoms with Crippen molar-refractivity contribution in [1.82, 2.24) is 0 Å². The molecule has 1 aromatic carbocycles. The summed E-state index contributed by atoms with van der Waals surface area (Å²) in [7, 11) is 1.40. The molecule has 18 heavy (non-hydrogen) atoms. The number of carbonyl (C=O) groups excluding carboxylic acids is 1. The zero-order valence-corrected chi connectivity index (χ0v) is 10.5. The summed E-state index contributed by atoms with van der Waals surface area (Å²) < 4.78 is 9.79. The lowest BCUT2D eigenvalue weighted by atomic mass is 10.1. The molecule has 0 saturated carbocycles. The second-order valence-corrected chi connectivity index (χ2v) is 3.51. The molecule has 96 valence electrons. The summed E-state index contributed by atoms with van der Waals surface area (Å²) in [5, 5.41) is 9.18. The predicted octanol–water partition coefficient (Wildman–Crippen LogP) is 2.50. The summed E-state index contributed by atoms with van der Waals surface area (Å²) >= 11 is 0. The number of hydrogen-bond acceptors (Lipinski definition) is 4. The van der Waals surface area contributed by atoms with Crippen LogP contribution in [0.2, 0.25) is 0 Å². The maximum absolute atomic E-state index is 11.5. The molecule has 0 saturated heterocycles. The molecule has 0 radical (unpaired) electrons. The van der Waals surface area contributed by atoms with Gasteiger partial charge in [0.05, 0.1) is 13.7 Å². The summed E-state index contributed by atoms with van der Waals surface area (Å²) in [6, 6.07) is 6.50. The normalized spacial score (nSPS) is 10.9. The van der Waals surface area contributed by atoms with Gasteiger partial charge in [-0.1, -0.05) is 18.7 Å². The maximum Gasteiger partial charge on any atom is 0.373 e. The molecule has 0 aliphatic carbocycles. The van der Waals surface area contributed by atoms with Gasteiger partial charge in [-0.05, 0) is 36.3 Å². The minimum Gasteiger partial charge on any atom is -0.508 e. The molecular weight excluding hydrogens is 232 g/mol. The Morgan fingerprint density at radius 3 is 2.50 bits per heavy atom. The van der Waals surface area contributed by atoms with Crippen molar-refractivity contribution in [3.05, 3.63) is 48.2 Å². The van der Waals surface area contributed by atoms with Crippen LogP contribution in [0, 0.1) is 0 Å². The molecule has 4 heteroatoms. The molecule has 0 atom stereocenters. The van der Waals surface area contributed by atoms with Gasteiger partial charge in [-0.3, -0.25) is 0 Å². The lowest BCUT2D eigenvalue weighted by Gasteiger charge is -2.07. The minimum atomic E-state index is -0.528. The van der Waals surface area contributed by atoms with Crippen LogP contribution in [-0.4, -0.2) is 24.8 Å².